The normalized spacial score (nSPS) is 12.0. The molecule has 0 saturated carbocycles. The molecule has 0 rings (SSSR count). The Morgan fingerprint density at radius 1 is 0.464 bits per heavy atom. The van der Waals surface area contributed by atoms with E-state index in [1.54, 1.807) is 0 Å². The van der Waals surface area contributed by atoms with E-state index >= 15 is 0 Å². The molecule has 0 N–H and O–H groups in total. The van der Waals surface area contributed by atoms with Crippen molar-refractivity contribution in [3.8, 4) is 11.8 Å². The summed E-state index contributed by atoms with van der Waals surface area (Å²) in [6, 6.07) is 0. The lowest BCUT2D eigenvalue weighted by Gasteiger charge is -2.11. The van der Waals surface area contributed by atoms with E-state index in [-0.39, 0.29) is 0 Å². The van der Waals surface area contributed by atoms with Gasteiger partial charge in [0.05, 0.1) is 0 Å². The third kappa shape index (κ3) is 23.6. The van der Waals surface area contributed by atoms with E-state index in [1.165, 1.54) is 128 Å². The van der Waals surface area contributed by atoms with Gasteiger partial charge in [0, 0.05) is 12.8 Å². The summed E-state index contributed by atoms with van der Waals surface area (Å²) in [5, 5.41) is 0. The van der Waals surface area contributed by atoms with Crippen molar-refractivity contribution in [1.82, 2.24) is 0 Å². The van der Waals surface area contributed by atoms with Crippen LogP contribution in [0, 0.1) is 17.8 Å². The van der Waals surface area contributed by atoms with Crippen LogP contribution in [0.2, 0.25) is 0 Å². The Kier molecular flexibility index (Phi) is 24.2. The molecule has 0 bridgehead atoms. The fourth-order valence-electron chi connectivity index (χ4n) is 4.10. The van der Waals surface area contributed by atoms with Gasteiger partial charge in [-0.25, -0.2) is 0 Å². The van der Waals surface area contributed by atoms with Gasteiger partial charge >= 0.3 is 0 Å². The van der Waals surface area contributed by atoms with Crippen LogP contribution in [-0.4, -0.2) is 0 Å². The summed E-state index contributed by atoms with van der Waals surface area (Å²) >= 11 is 0. The van der Waals surface area contributed by atoms with E-state index in [1.807, 2.05) is 0 Å². The number of unbranched alkanes of at least 4 members (excludes halogenated alkanes) is 17. The van der Waals surface area contributed by atoms with Crippen LogP contribution in [0.1, 0.15) is 162 Å². The molecule has 1 atom stereocenters. The van der Waals surface area contributed by atoms with Gasteiger partial charge in [-0.2, -0.15) is 0 Å². The minimum Gasteiger partial charge on any atom is -0.104 e. The predicted octanol–water partition coefficient (Wildman–Crippen LogP) is 10.2. The summed E-state index contributed by atoms with van der Waals surface area (Å²) < 4.78 is 0. The monoisotopic (exact) mass is 390 g/mol. The zero-order valence-corrected chi connectivity index (χ0v) is 20.1. The molecular formula is C28H54. The van der Waals surface area contributed by atoms with E-state index in [9.17, 15) is 0 Å². The van der Waals surface area contributed by atoms with Crippen molar-refractivity contribution in [3.63, 3.8) is 0 Å². The molecule has 0 aliphatic heterocycles. The first-order chi connectivity index (χ1) is 13.8. The van der Waals surface area contributed by atoms with Crippen molar-refractivity contribution in [2.45, 2.75) is 162 Å². The Morgan fingerprint density at radius 3 is 1.29 bits per heavy atom. The molecule has 166 valence electrons. The van der Waals surface area contributed by atoms with Gasteiger partial charge in [-0.05, 0) is 12.3 Å². The average Bonchev–Trinajstić information content (AvgIpc) is 2.70. The first kappa shape index (κ1) is 27.6. The molecule has 28 heavy (non-hydrogen) atoms. The molecular weight excluding hydrogens is 336 g/mol. The van der Waals surface area contributed by atoms with Crippen molar-refractivity contribution < 1.29 is 0 Å². The molecule has 0 nitrogen and oxygen atoms in total. The van der Waals surface area contributed by atoms with Gasteiger partial charge < -0.3 is 0 Å². The van der Waals surface area contributed by atoms with Gasteiger partial charge in [0.25, 0.3) is 0 Å². The van der Waals surface area contributed by atoms with Crippen LogP contribution in [0.25, 0.3) is 0 Å². The number of hydrogen-bond donors (Lipinski definition) is 0. The second-order valence-corrected chi connectivity index (χ2v) is 9.15. The highest BCUT2D eigenvalue weighted by Crippen LogP contribution is 2.19. The molecule has 0 aromatic rings. The first-order valence-corrected chi connectivity index (χ1v) is 13.3. The summed E-state index contributed by atoms with van der Waals surface area (Å²) in [6.45, 7) is 6.91. The minimum atomic E-state index is 0.947. The van der Waals surface area contributed by atoms with Gasteiger partial charge in [0.15, 0.2) is 0 Å². The van der Waals surface area contributed by atoms with E-state index in [4.69, 9.17) is 0 Å². The number of rotatable bonds is 21. The maximum atomic E-state index is 3.25. The molecule has 0 aromatic heterocycles. The van der Waals surface area contributed by atoms with E-state index in [0.29, 0.717) is 0 Å². The summed E-state index contributed by atoms with van der Waals surface area (Å²) in [7, 11) is 0. The highest BCUT2D eigenvalue weighted by molar-refractivity contribution is 4.97. The van der Waals surface area contributed by atoms with Crippen molar-refractivity contribution in [1.29, 1.82) is 0 Å². The Hall–Kier alpha value is -0.440. The van der Waals surface area contributed by atoms with Crippen LogP contribution in [0.5, 0.6) is 0 Å². The van der Waals surface area contributed by atoms with Crippen LogP contribution in [0.3, 0.4) is 0 Å². The first-order valence-electron chi connectivity index (χ1n) is 13.3. The van der Waals surface area contributed by atoms with Gasteiger partial charge in [0.1, 0.15) is 0 Å². The molecule has 0 amide bonds. The average molecular weight is 391 g/mol. The lowest BCUT2D eigenvalue weighted by atomic mass is 9.96. The fourth-order valence-corrected chi connectivity index (χ4v) is 4.10. The SMILES string of the molecule is CCC#CCCCCCCCC(C)CCCCCCCCCCCCCCC. The largest absolute Gasteiger partial charge is 0.104 e. The molecule has 0 fully saturated rings. The van der Waals surface area contributed by atoms with Crippen molar-refractivity contribution >= 4 is 0 Å². The van der Waals surface area contributed by atoms with Gasteiger partial charge in [0.2, 0.25) is 0 Å². The van der Waals surface area contributed by atoms with Gasteiger partial charge in [-0.15, -0.1) is 11.8 Å². The van der Waals surface area contributed by atoms with E-state index in [0.717, 1.165) is 18.8 Å². The Bertz CT molecular complexity index is 332. The molecule has 0 heterocycles. The van der Waals surface area contributed by atoms with Crippen molar-refractivity contribution in [3.05, 3.63) is 0 Å². The molecule has 0 aromatic carbocycles. The summed E-state index contributed by atoms with van der Waals surface area (Å²) in [5.74, 6) is 7.37. The molecule has 0 aliphatic carbocycles. The highest BCUT2D eigenvalue weighted by Gasteiger charge is 2.02. The van der Waals surface area contributed by atoms with Gasteiger partial charge in [-0.3, -0.25) is 0 Å². The zero-order chi connectivity index (χ0) is 20.5. The van der Waals surface area contributed by atoms with Crippen LogP contribution in [0.15, 0.2) is 0 Å². The smallest absolute Gasteiger partial charge is 0.00886 e. The molecule has 0 spiro atoms. The topological polar surface area (TPSA) is 0 Å². The molecule has 0 radical (unpaired) electrons. The quantitative estimate of drug-likeness (QED) is 0.135. The van der Waals surface area contributed by atoms with Crippen molar-refractivity contribution in [2.75, 3.05) is 0 Å². The highest BCUT2D eigenvalue weighted by atomic mass is 14.1. The lowest BCUT2D eigenvalue weighted by Crippen LogP contribution is -1.95. The Balaban J connectivity index is 3.15. The molecule has 0 aliphatic rings. The van der Waals surface area contributed by atoms with Gasteiger partial charge in [-0.1, -0.05) is 143 Å². The zero-order valence-electron chi connectivity index (χ0n) is 20.1. The molecule has 1 unspecified atom stereocenters. The van der Waals surface area contributed by atoms with E-state index < -0.39 is 0 Å². The minimum absolute atomic E-state index is 0.947. The molecule has 0 heteroatoms. The maximum Gasteiger partial charge on any atom is 0.00886 e. The van der Waals surface area contributed by atoms with Crippen molar-refractivity contribution in [2.24, 2.45) is 5.92 Å². The predicted molar refractivity (Wildman–Crippen MR) is 130 cm³/mol. The van der Waals surface area contributed by atoms with E-state index in [2.05, 4.69) is 32.6 Å². The van der Waals surface area contributed by atoms with Crippen LogP contribution >= 0.6 is 0 Å². The Morgan fingerprint density at radius 2 is 0.857 bits per heavy atom. The third-order valence-electron chi connectivity index (χ3n) is 6.10. The molecule has 0 saturated heterocycles. The van der Waals surface area contributed by atoms with Crippen LogP contribution in [-0.2, 0) is 0 Å². The third-order valence-corrected chi connectivity index (χ3v) is 6.10. The second-order valence-electron chi connectivity index (χ2n) is 9.15. The fraction of sp³-hybridized carbons (Fsp3) is 0.929. The van der Waals surface area contributed by atoms with Crippen LogP contribution < -0.4 is 0 Å². The van der Waals surface area contributed by atoms with Crippen LogP contribution in [0.4, 0.5) is 0 Å². The summed E-state index contributed by atoms with van der Waals surface area (Å²) in [5.41, 5.74) is 0. The standard InChI is InChI=1S/C28H54/c1-4-6-8-10-12-14-15-16-17-19-21-23-25-27-28(3)26-24-22-20-18-13-11-9-7-5-2/h28H,4-6,8,10-27H2,1-3H3. The second kappa shape index (κ2) is 24.6. The Labute approximate surface area is 180 Å². The summed E-state index contributed by atoms with van der Waals surface area (Å²) in [4.78, 5) is 0. The summed E-state index contributed by atoms with van der Waals surface area (Å²) in [6.07, 6.45) is 31.1. The lowest BCUT2D eigenvalue weighted by molar-refractivity contribution is 0.431. The maximum absolute atomic E-state index is 3.25. The number of hydrogen-bond acceptors (Lipinski definition) is 0.